The molecule has 0 fully saturated rings. The molecule has 0 saturated heterocycles. The van der Waals surface area contributed by atoms with E-state index in [1.54, 1.807) is 18.9 Å². The number of amides is 1. The highest BCUT2D eigenvalue weighted by Gasteiger charge is 2.12. The van der Waals surface area contributed by atoms with Gasteiger partial charge in [-0.25, -0.2) is 0 Å². The summed E-state index contributed by atoms with van der Waals surface area (Å²) < 4.78 is 5.26. The van der Waals surface area contributed by atoms with Gasteiger partial charge in [0.2, 0.25) is 0 Å². The Morgan fingerprint density at radius 1 is 1.44 bits per heavy atom. The summed E-state index contributed by atoms with van der Waals surface area (Å²) in [4.78, 5) is 13.1. The van der Waals surface area contributed by atoms with E-state index < -0.39 is 0 Å². The maximum absolute atomic E-state index is 12.0. The molecule has 18 heavy (non-hydrogen) atoms. The zero-order chi connectivity index (χ0) is 13.5. The molecule has 0 heterocycles. The predicted molar refractivity (Wildman–Crippen MR) is 76.6 cm³/mol. The Labute approximate surface area is 113 Å². The van der Waals surface area contributed by atoms with E-state index >= 15 is 0 Å². The third-order valence-corrected chi connectivity index (χ3v) is 3.39. The molecule has 0 saturated carbocycles. The lowest BCUT2D eigenvalue weighted by atomic mass is 10.1. The van der Waals surface area contributed by atoms with Crippen molar-refractivity contribution in [2.45, 2.75) is 25.2 Å². The maximum atomic E-state index is 12.0. The van der Waals surface area contributed by atoms with Crippen LogP contribution in [0.2, 0.25) is 0 Å². The van der Waals surface area contributed by atoms with Crippen molar-refractivity contribution in [1.29, 1.82) is 0 Å². The predicted octanol–water partition coefficient (Wildman–Crippen LogP) is 3.19. The van der Waals surface area contributed by atoms with Crippen LogP contribution in [0.5, 0.6) is 5.75 Å². The third-order valence-electron chi connectivity index (χ3n) is 2.66. The average molecular weight is 267 g/mol. The van der Waals surface area contributed by atoms with E-state index in [-0.39, 0.29) is 5.91 Å². The van der Waals surface area contributed by atoms with Crippen molar-refractivity contribution in [3.63, 3.8) is 0 Å². The zero-order valence-corrected chi connectivity index (χ0v) is 12.3. The summed E-state index contributed by atoms with van der Waals surface area (Å²) in [6, 6.07) is 5.64. The molecule has 0 atom stereocenters. The fourth-order valence-electron chi connectivity index (χ4n) is 1.56. The molecule has 3 nitrogen and oxygen atoms in total. The lowest BCUT2D eigenvalue weighted by molar-refractivity contribution is 0.0949. The number of thioether (sulfide) groups is 1. The second-order valence-corrected chi connectivity index (χ2v) is 5.38. The Kier molecular flexibility index (Phi) is 6.05. The van der Waals surface area contributed by atoms with Gasteiger partial charge in [-0.2, -0.15) is 0 Å². The third kappa shape index (κ3) is 4.26. The van der Waals surface area contributed by atoms with Gasteiger partial charge < -0.3 is 10.1 Å². The van der Waals surface area contributed by atoms with Crippen molar-refractivity contribution in [2.75, 3.05) is 19.9 Å². The lowest BCUT2D eigenvalue weighted by Crippen LogP contribution is -2.25. The van der Waals surface area contributed by atoms with Crippen LogP contribution in [0.25, 0.3) is 0 Å². The summed E-state index contributed by atoms with van der Waals surface area (Å²) in [5.74, 6) is 1.15. The minimum atomic E-state index is -0.0693. The van der Waals surface area contributed by atoms with E-state index in [1.165, 1.54) is 0 Å². The molecule has 0 aromatic heterocycles. The number of hydrogen-bond acceptors (Lipinski definition) is 3. The van der Waals surface area contributed by atoms with Crippen LogP contribution < -0.4 is 10.1 Å². The molecule has 1 rings (SSSR count). The number of hydrogen-bond donors (Lipinski definition) is 1. The van der Waals surface area contributed by atoms with Gasteiger partial charge in [-0.05, 0) is 36.8 Å². The summed E-state index contributed by atoms with van der Waals surface area (Å²) in [5.41, 5.74) is 0.596. The molecular formula is C14H21NO2S. The van der Waals surface area contributed by atoms with Gasteiger partial charge in [0.15, 0.2) is 0 Å². The van der Waals surface area contributed by atoms with Gasteiger partial charge >= 0.3 is 0 Å². The Morgan fingerprint density at radius 2 is 2.17 bits per heavy atom. The molecule has 100 valence electrons. The molecule has 4 heteroatoms. The molecular weight excluding hydrogens is 246 g/mol. The van der Waals surface area contributed by atoms with E-state index in [0.717, 1.165) is 11.3 Å². The highest BCUT2D eigenvalue weighted by molar-refractivity contribution is 7.98. The van der Waals surface area contributed by atoms with Gasteiger partial charge in [-0.1, -0.05) is 13.8 Å². The SMILES string of the molecule is COc1cc(SC)ccc1C(=O)NCCC(C)C. The number of methoxy groups -OCH3 is 1. The van der Waals surface area contributed by atoms with E-state index in [0.29, 0.717) is 23.8 Å². The standard InChI is InChI=1S/C14H21NO2S/c1-10(2)7-8-15-14(16)12-6-5-11(18-4)9-13(12)17-3/h5-6,9-10H,7-8H2,1-4H3,(H,15,16). The summed E-state index contributed by atoms with van der Waals surface area (Å²) in [6.07, 6.45) is 2.98. The zero-order valence-electron chi connectivity index (χ0n) is 11.4. The molecule has 0 bridgehead atoms. The summed E-state index contributed by atoms with van der Waals surface area (Å²) >= 11 is 1.63. The van der Waals surface area contributed by atoms with Crippen LogP contribution in [-0.4, -0.2) is 25.8 Å². The monoisotopic (exact) mass is 267 g/mol. The van der Waals surface area contributed by atoms with Crippen LogP contribution in [0.4, 0.5) is 0 Å². The van der Waals surface area contributed by atoms with E-state index in [9.17, 15) is 4.79 Å². The number of nitrogens with one attached hydrogen (secondary N) is 1. The van der Waals surface area contributed by atoms with Gasteiger partial charge in [-0.15, -0.1) is 11.8 Å². The number of rotatable bonds is 6. The average Bonchev–Trinajstić information content (AvgIpc) is 2.37. The molecule has 0 spiro atoms. The van der Waals surface area contributed by atoms with Crippen LogP contribution in [0.3, 0.4) is 0 Å². The lowest BCUT2D eigenvalue weighted by Gasteiger charge is -2.11. The Morgan fingerprint density at radius 3 is 2.72 bits per heavy atom. The smallest absolute Gasteiger partial charge is 0.255 e. The van der Waals surface area contributed by atoms with Crippen molar-refractivity contribution < 1.29 is 9.53 Å². The van der Waals surface area contributed by atoms with Crippen LogP contribution >= 0.6 is 11.8 Å². The largest absolute Gasteiger partial charge is 0.496 e. The van der Waals surface area contributed by atoms with Crippen molar-refractivity contribution in [2.24, 2.45) is 5.92 Å². The minimum absolute atomic E-state index is 0.0693. The molecule has 1 amide bonds. The van der Waals surface area contributed by atoms with Crippen molar-refractivity contribution in [1.82, 2.24) is 5.32 Å². The molecule has 0 radical (unpaired) electrons. The van der Waals surface area contributed by atoms with Crippen molar-refractivity contribution >= 4 is 17.7 Å². The maximum Gasteiger partial charge on any atom is 0.255 e. The van der Waals surface area contributed by atoms with Gasteiger partial charge in [-0.3, -0.25) is 4.79 Å². The van der Waals surface area contributed by atoms with E-state index in [1.807, 2.05) is 24.5 Å². The number of benzene rings is 1. The Balaban J connectivity index is 2.72. The first-order valence-electron chi connectivity index (χ1n) is 6.08. The van der Waals surface area contributed by atoms with Crippen LogP contribution in [0.1, 0.15) is 30.6 Å². The summed E-state index contributed by atoms with van der Waals surface area (Å²) in [7, 11) is 1.59. The first kappa shape index (κ1) is 14.9. The van der Waals surface area contributed by atoms with Crippen LogP contribution in [-0.2, 0) is 0 Å². The highest BCUT2D eigenvalue weighted by atomic mass is 32.2. The molecule has 1 N–H and O–H groups in total. The van der Waals surface area contributed by atoms with Gasteiger partial charge in [0.05, 0.1) is 12.7 Å². The van der Waals surface area contributed by atoms with Gasteiger partial charge in [0.1, 0.15) is 5.75 Å². The molecule has 0 aliphatic carbocycles. The number of carbonyl (C=O) groups excluding carboxylic acids is 1. The summed E-state index contributed by atoms with van der Waals surface area (Å²) in [6.45, 7) is 4.98. The molecule has 1 aromatic carbocycles. The second-order valence-electron chi connectivity index (χ2n) is 4.50. The van der Waals surface area contributed by atoms with E-state index in [2.05, 4.69) is 19.2 Å². The second kappa shape index (κ2) is 7.31. The van der Waals surface area contributed by atoms with Gasteiger partial charge in [0.25, 0.3) is 5.91 Å². The molecule has 1 aromatic rings. The normalized spacial score (nSPS) is 10.5. The first-order valence-corrected chi connectivity index (χ1v) is 7.31. The quantitative estimate of drug-likeness (QED) is 0.804. The molecule has 0 aliphatic rings. The van der Waals surface area contributed by atoms with Crippen molar-refractivity contribution in [3.05, 3.63) is 23.8 Å². The fraction of sp³-hybridized carbons (Fsp3) is 0.500. The number of carbonyl (C=O) groups is 1. The highest BCUT2D eigenvalue weighted by Crippen LogP contribution is 2.25. The minimum Gasteiger partial charge on any atom is -0.496 e. The first-order chi connectivity index (χ1) is 8.58. The molecule has 0 aliphatic heterocycles. The van der Waals surface area contributed by atoms with Gasteiger partial charge in [0, 0.05) is 11.4 Å². The fourth-order valence-corrected chi connectivity index (χ4v) is 1.98. The summed E-state index contributed by atoms with van der Waals surface area (Å²) in [5, 5.41) is 2.92. The number of ether oxygens (including phenoxy) is 1. The molecule has 0 unspecified atom stereocenters. The van der Waals surface area contributed by atoms with Crippen LogP contribution in [0, 0.1) is 5.92 Å². The Bertz CT molecular complexity index is 405. The van der Waals surface area contributed by atoms with Crippen LogP contribution in [0.15, 0.2) is 23.1 Å². The van der Waals surface area contributed by atoms with Crippen molar-refractivity contribution in [3.8, 4) is 5.75 Å². The topological polar surface area (TPSA) is 38.3 Å². The Hall–Kier alpha value is -1.16. The van der Waals surface area contributed by atoms with E-state index in [4.69, 9.17) is 4.74 Å².